The van der Waals surface area contributed by atoms with Crippen LogP contribution in [-0.4, -0.2) is 95.8 Å². The highest BCUT2D eigenvalue weighted by Crippen LogP contribution is 2.24. The Morgan fingerprint density at radius 2 is 1.84 bits per heavy atom. The first-order chi connectivity index (χ1) is 17.6. The second-order valence-electron chi connectivity index (χ2n) is 9.60. The zero-order valence-corrected chi connectivity index (χ0v) is 21.4. The van der Waals surface area contributed by atoms with E-state index in [0.717, 1.165) is 10.5 Å². The van der Waals surface area contributed by atoms with Gasteiger partial charge in [0.25, 0.3) is 11.8 Å². The first-order valence-electron chi connectivity index (χ1n) is 12.3. The number of alkyl halides is 1. The predicted octanol–water partition coefficient (Wildman–Crippen LogP) is 1.02. The number of likely N-dealkylation sites (N-methyl/N-ethyl adjacent to an activating group) is 1. The van der Waals surface area contributed by atoms with Gasteiger partial charge in [0.05, 0.1) is 12.6 Å². The molecule has 10 heteroatoms. The van der Waals surface area contributed by atoms with Crippen LogP contribution in [0.3, 0.4) is 0 Å². The number of amides is 3. The van der Waals surface area contributed by atoms with Crippen LogP contribution in [0.4, 0.5) is 4.39 Å². The van der Waals surface area contributed by atoms with E-state index in [1.807, 2.05) is 25.1 Å². The van der Waals surface area contributed by atoms with Crippen molar-refractivity contribution in [3.05, 3.63) is 65.2 Å². The number of halogens is 1. The first-order valence-corrected chi connectivity index (χ1v) is 12.3. The number of phenolic OH excluding ortho intramolecular Hbond substituents is 1. The van der Waals surface area contributed by atoms with Gasteiger partial charge in [-0.15, -0.1) is 0 Å². The molecule has 0 spiro atoms. The maximum atomic E-state index is 14.4. The number of nitrogens with zero attached hydrogens (tertiary/aromatic N) is 2. The van der Waals surface area contributed by atoms with E-state index in [0.29, 0.717) is 18.7 Å². The van der Waals surface area contributed by atoms with Crippen molar-refractivity contribution in [3.8, 4) is 5.75 Å². The van der Waals surface area contributed by atoms with Gasteiger partial charge in [0.15, 0.2) is 6.10 Å². The van der Waals surface area contributed by atoms with E-state index in [9.17, 15) is 29.0 Å². The molecule has 4 atom stereocenters. The molecule has 1 saturated heterocycles. The lowest BCUT2D eigenvalue weighted by Crippen LogP contribution is -2.56. The van der Waals surface area contributed by atoms with Crippen molar-refractivity contribution in [3.63, 3.8) is 0 Å². The third-order valence-corrected chi connectivity index (χ3v) is 6.49. The molecule has 3 amide bonds. The molecule has 1 aliphatic heterocycles. The van der Waals surface area contributed by atoms with Gasteiger partial charge in [0.2, 0.25) is 5.91 Å². The van der Waals surface area contributed by atoms with Crippen LogP contribution in [0.5, 0.6) is 5.75 Å². The summed E-state index contributed by atoms with van der Waals surface area (Å²) in [6, 6.07) is 11.4. The maximum Gasteiger partial charge on any atom is 0.254 e. The number of rotatable bonds is 10. The molecule has 4 N–H and O–H groups in total. The van der Waals surface area contributed by atoms with Gasteiger partial charge in [-0.25, -0.2) is 4.39 Å². The number of aromatic hydroxyl groups is 1. The maximum absolute atomic E-state index is 14.4. The summed E-state index contributed by atoms with van der Waals surface area (Å²) in [7, 11) is 3.70. The molecule has 0 radical (unpaired) electrons. The zero-order chi connectivity index (χ0) is 27.1. The fourth-order valence-electron chi connectivity index (χ4n) is 4.36. The second kappa shape index (κ2) is 12.6. The number of benzene rings is 2. The summed E-state index contributed by atoms with van der Waals surface area (Å²) in [6.07, 6.45) is -3.18. The largest absolute Gasteiger partial charge is 0.508 e. The summed E-state index contributed by atoms with van der Waals surface area (Å²) in [5.41, 5.74) is 1.31. The Morgan fingerprint density at radius 1 is 1.14 bits per heavy atom. The van der Waals surface area contributed by atoms with Crippen molar-refractivity contribution in [2.45, 2.75) is 44.1 Å². The summed E-state index contributed by atoms with van der Waals surface area (Å²) in [6.45, 7) is 2.18. The van der Waals surface area contributed by atoms with Gasteiger partial charge in [-0.2, -0.15) is 0 Å². The summed E-state index contributed by atoms with van der Waals surface area (Å²) in [5, 5.41) is 26.6. The lowest BCUT2D eigenvalue weighted by molar-refractivity contribution is -0.146. The van der Waals surface area contributed by atoms with E-state index in [4.69, 9.17) is 0 Å². The lowest BCUT2D eigenvalue weighted by atomic mass is 9.98. The zero-order valence-electron chi connectivity index (χ0n) is 21.4. The van der Waals surface area contributed by atoms with E-state index in [2.05, 4.69) is 10.6 Å². The molecule has 37 heavy (non-hydrogen) atoms. The average molecular weight is 515 g/mol. The van der Waals surface area contributed by atoms with Gasteiger partial charge in [-0.05, 0) is 45.1 Å². The molecule has 2 aromatic rings. The number of carbonyl (C=O) groups is 3. The Morgan fingerprint density at radius 3 is 2.51 bits per heavy atom. The van der Waals surface area contributed by atoms with Crippen LogP contribution in [0, 0.1) is 6.92 Å². The highest BCUT2D eigenvalue weighted by atomic mass is 19.1. The van der Waals surface area contributed by atoms with Crippen LogP contribution in [0.15, 0.2) is 48.5 Å². The van der Waals surface area contributed by atoms with Crippen LogP contribution in [0.25, 0.3) is 0 Å². The van der Waals surface area contributed by atoms with Crippen LogP contribution in [0.2, 0.25) is 0 Å². The first kappa shape index (κ1) is 28.1. The molecular formula is C27H35FN4O5. The standard InChI is InChI=1S/C27H35FN4O5/c1-17-20(10-7-11-23(17)33)25(35)30-21(14-18-8-5-4-6-9-18)24(34)27(37)32-16-19(28)15-22(32)26(36)29-12-13-31(2)3/h4-11,19,21-22,24,33-34H,12-16H2,1-3H3,(H,29,36)(H,30,35). The number of phenols is 1. The van der Waals surface area contributed by atoms with Crippen molar-refractivity contribution < 1.29 is 29.0 Å². The van der Waals surface area contributed by atoms with Crippen molar-refractivity contribution >= 4 is 17.7 Å². The number of likely N-dealkylation sites (tertiary alicyclic amines) is 1. The number of carbonyl (C=O) groups excluding carboxylic acids is 3. The van der Waals surface area contributed by atoms with Gasteiger partial charge >= 0.3 is 0 Å². The Labute approximate surface area is 216 Å². The van der Waals surface area contributed by atoms with Crippen LogP contribution in [-0.2, 0) is 16.0 Å². The molecule has 1 aliphatic rings. The minimum atomic E-state index is -1.73. The Balaban J connectivity index is 1.81. The monoisotopic (exact) mass is 514 g/mol. The number of aliphatic hydroxyl groups excluding tert-OH is 1. The van der Waals surface area contributed by atoms with Crippen molar-refractivity contribution in [2.75, 3.05) is 33.7 Å². The molecule has 3 rings (SSSR count). The molecule has 2 aromatic carbocycles. The van der Waals surface area contributed by atoms with Crippen molar-refractivity contribution in [1.29, 1.82) is 0 Å². The average Bonchev–Trinajstić information content (AvgIpc) is 3.26. The van der Waals surface area contributed by atoms with Crippen LogP contribution in [0.1, 0.15) is 27.9 Å². The van der Waals surface area contributed by atoms with E-state index in [1.54, 1.807) is 31.2 Å². The minimum absolute atomic E-state index is 0.0574. The predicted molar refractivity (Wildman–Crippen MR) is 137 cm³/mol. The van der Waals surface area contributed by atoms with E-state index in [1.165, 1.54) is 18.2 Å². The molecule has 1 fully saturated rings. The number of aliphatic hydroxyl groups is 1. The van der Waals surface area contributed by atoms with Gasteiger partial charge in [0, 0.05) is 30.6 Å². The number of hydrogen-bond donors (Lipinski definition) is 4. The summed E-state index contributed by atoms with van der Waals surface area (Å²) >= 11 is 0. The smallest absolute Gasteiger partial charge is 0.254 e. The molecule has 0 aromatic heterocycles. The summed E-state index contributed by atoms with van der Waals surface area (Å²) in [4.78, 5) is 42.1. The van der Waals surface area contributed by atoms with E-state index in [-0.39, 0.29) is 30.7 Å². The minimum Gasteiger partial charge on any atom is -0.508 e. The van der Waals surface area contributed by atoms with Gasteiger partial charge in [-0.3, -0.25) is 14.4 Å². The Hall–Kier alpha value is -3.50. The van der Waals surface area contributed by atoms with Crippen molar-refractivity contribution in [1.82, 2.24) is 20.4 Å². The lowest BCUT2D eigenvalue weighted by Gasteiger charge is -2.30. The van der Waals surface area contributed by atoms with Crippen LogP contribution >= 0.6 is 0 Å². The highest BCUT2D eigenvalue weighted by Gasteiger charge is 2.43. The molecule has 0 aliphatic carbocycles. The van der Waals surface area contributed by atoms with Crippen LogP contribution < -0.4 is 10.6 Å². The van der Waals surface area contributed by atoms with E-state index >= 15 is 0 Å². The second-order valence-corrected chi connectivity index (χ2v) is 9.60. The third kappa shape index (κ3) is 7.27. The Kier molecular flexibility index (Phi) is 9.60. The van der Waals surface area contributed by atoms with Gasteiger partial charge in [0.1, 0.15) is 18.0 Å². The molecular weight excluding hydrogens is 479 g/mol. The Bertz CT molecular complexity index is 1100. The van der Waals surface area contributed by atoms with Gasteiger partial charge in [-0.1, -0.05) is 36.4 Å². The molecule has 0 bridgehead atoms. The number of nitrogens with one attached hydrogen (secondary N) is 2. The van der Waals surface area contributed by atoms with Gasteiger partial charge < -0.3 is 30.6 Å². The van der Waals surface area contributed by atoms with Crippen molar-refractivity contribution in [2.24, 2.45) is 0 Å². The number of hydrogen-bond acceptors (Lipinski definition) is 6. The third-order valence-electron chi connectivity index (χ3n) is 6.49. The molecule has 9 nitrogen and oxygen atoms in total. The molecule has 200 valence electrons. The SMILES string of the molecule is Cc1c(O)cccc1C(=O)NC(Cc1ccccc1)C(O)C(=O)N1CC(F)CC1C(=O)NCCN(C)C. The molecule has 0 saturated carbocycles. The fourth-order valence-corrected chi connectivity index (χ4v) is 4.36. The topological polar surface area (TPSA) is 122 Å². The summed E-state index contributed by atoms with van der Waals surface area (Å²) in [5.74, 6) is -1.95. The van der Waals surface area contributed by atoms with E-state index < -0.39 is 42.1 Å². The molecule has 4 unspecified atom stereocenters. The molecule has 1 heterocycles. The normalized spacial score (nSPS) is 18.9. The highest BCUT2D eigenvalue weighted by molar-refractivity contribution is 5.97. The fraction of sp³-hybridized carbons (Fsp3) is 0.444. The quantitative estimate of drug-likeness (QED) is 0.376. The summed E-state index contributed by atoms with van der Waals surface area (Å²) < 4.78 is 14.4.